The standard InChI is InChI=1S/C40H52N6O2/c1-28-14-18-34(19-15-28)46-37(25-36(43-46)40(3,4)5)42-39(48)41-26-33-13-9-8-12-32(33)24-31-17-21-38(47)45(27-31)35-20-16-30(23-29(35)2)11-10-22-44(6)7/h8-9,12-16,18-20,23,25,31H,10-11,17,21-22,24,26-27H2,1-7H3,(H2,41,42,48). The monoisotopic (exact) mass is 648 g/mol. The van der Waals surface area contributed by atoms with Gasteiger partial charge in [-0.1, -0.05) is 74.9 Å². The highest BCUT2D eigenvalue weighted by atomic mass is 16.2. The Hall–Kier alpha value is -4.43. The van der Waals surface area contributed by atoms with E-state index in [4.69, 9.17) is 5.10 Å². The fraction of sp³-hybridized carbons (Fsp3) is 0.425. The number of carbonyl (C=O) groups is 2. The molecule has 254 valence electrons. The molecule has 5 rings (SSSR count). The molecule has 3 amide bonds. The Bertz CT molecular complexity index is 1720. The number of amides is 3. The van der Waals surface area contributed by atoms with Crippen LogP contribution in [0, 0.1) is 19.8 Å². The number of urea groups is 1. The molecule has 1 aliphatic rings. The van der Waals surface area contributed by atoms with Crippen molar-refractivity contribution in [1.82, 2.24) is 20.0 Å². The SMILES string of the molecule is Cc1ccc(-n2nc(C(C)(C)C)cc2NC(=O)NCc2ccccc2CC2CCC(=O)N(c3ccc(CCCN(C)C)cc3C)C2)cc1. The third-order valence-corrected chi connectivity index (χ3v) is 9.20. The van der Waals surface area contributed by atoms with E-state index in [0.717, 1.165) is 66.0 Å². The molecule has 8 heteroatoms. The lowest BCUT2D eigenvalue weighted by Crippen LogP contribution is -2.41. The van der Waals surface area contributed by atoms with Crippen molar-refractivity contribution in [3.63, 3.8) is 0 Å². The largest absolute Gasteiger partial charge is 0.334 e. The van der Waals surface area contributed by atoms with Gasteiger partial charge in [0.2, 0.25) is 5.91 Å². The first-order chi connectivity index (χ1) is 22.9. The van der Waals surface area contributed by atoms with Crippen LogP contribution in [0.3, 0.4) is 0 Å². The van der Waals surface area contributed by atoms with Crippen molar-refractivity contribution in [1.29, 1.82) is 0 Å². The Morgan fingerprint density at radius 1 is 0.979 bits per heavy atom. The van der Waals surface area contributed by atoms with Crippen molar-refractivity contribution in [3.05, 3.63) is 106 Å². The number of anilines is 2. The van der Waals surface area contributed by atoms with E-state index in [0.29, 0.717) is 31.2 Å². The highest BCUT2D eigenvalue weighted by Crippen LogP contribution is 2.31. The van der Waals surface area contributed by atoms with Crippen LogP contribution < -0.4 is 15.5 Å². The van der Waals surface area contributed by atoms with Crippen LogP contribution in [0.2, 0.25) is 0 Å². The van der Waals surface area contributed by atoms with Gasteiger partial charge >= 0.3 is 6.03 Å². The number of benzene rings is 3. The zero-order chi connectivity index (χ0) is 34.4. The molecule has 0 bridgehead atoms. The van der Waals surface area contributed by atoms with Gasteiger partial charge in [-0.05, 0) is 107 Å². The second-order valence-corrected chi connectivity index (χ2v) is 14.6. The number of carbonyl (C=O) groups excluding carboxylic acids is 2. The van der Waals surface area contributed by atoms with Crippen LogP contribution in [0.5, 0.6) is 0 Å². The van der Waals surface area contributed by atoms with Gasteiger partial charge in [0.15, 0.2) is 0 Å². The molecule has 0 aliphatic carbocycles. The summed E-state index contributed by atoms with van der Waals surface area (Å²) in [6.07, 6.45) is 4.40. The molecule has 48 heavy (non-hydrogen) atoms. The van der Waals surface area contributed by atoms with Crippen LogP contribution in [-0.2, 0) is 29.6 Å². The Labute approximate surface area is 286 Å². The summed E-state index contributed by atoms with van der Waals surface area (Å²) in [5, 5.41) is 11.0. The lowest BCUT2D eigenvalue weighted by molar-refractivity contribution is -0.120. The summed E-state index contributed by atoms with van der Waals surface area (Å²) in [5.41, 5.74) is 8.55. The molecular weight excluding hydrogens is 596 g/mol. The highest BCUT2D eigenvalue weighted by molar-refractivity contribution is 5.95. The molecule has 3 aromatic carbocycles. The quantitative estimate of drug-likeness (QED) is 0.176. The molecule has 8 nitrogen and oxygen atoms in total. The first kappa shape index (κ1) is 34.9. The van der Waals surface area contributed by atoms with E-state index < -0.39 is 0 Å². The highest BCUT2D eigenvalue weighted by Gasteiger charge is 2.28. The fourth-order valence-electron chi connectivity index (χ4n) is 6.38. The maximum absolute atomic E-state index is 13.3. The van der Waals surface area contributed by atoms with Crippen LogP contribution in [-0.4, -0.2) is 53.8 Å². The zero-order valence-corrected chi connectivity index (χ0v) is 29.8. The zero-order valence-electron chi connectivity index (χ0n) is 29.8. The third kappa shape index (κ3) is 8.92. The Kier molecular flexibility index (Phi) is 11.0. The molecule has 0 saturated carbocycles. The second-order valence-electron chi connectivity index (χ2n) is 14.6. The van der Waals surface area contributed by atoms with Gasteiger partial charge in [-0.25, -0.2) is 9.48 Å². The van der Waals surface area contributed by atoms with E-state index in [1.165, 1.54) is 11.1 Å². The number of rotatable bonds is 11. The molecule has 0 spiro atoms. The van der Waals surface area contributed by atoms with Crippen molar-refractivity contribution in [2.45, 2.75) is 78.7 Å². The molecule has 0 radical (unpaired) electrons. The van der Waals surface area contributed by atoms with E-state index >= 15 is 0 Å². The normalized spacial score (nSPS) is 15.2. The summed E-state index contributed by atoms with van der Waals surface area (Å²) in [4.78, 5) is 30.6. The van der Waals surface area contributed by atoms with E-state index in [9.17, 15) is 9.59 Å². The molecule has 2 heterocycles. The van der Waals surface area contributed by atoms with Crippen LogP contribution >= 0.6 is 0 Å². The van der Waals surface area contributed by atoms with Gasteiger partial charge in [0.05, 0.1) is 11.4 Å². The van der Waals surface area contributed by atoms with Gasteiger partial charge in [0.1, 0.15) is 5.82 Å². The van der Waals surface area contributed by atoms with Gasteiger partial charge in [-0.3, -0.25) is 10.1 Å². The molecule has 2 N–H and O–H groups in total. The Balaban J connectivity index is 1.23. The molecule has 1 aliphatic heterocycles. The number of hydrogen-bond acceptors (Lipinski definition) is 4. The minimum absolute atomic E-state index is 0.172. The lowest BCUT2D eigenvalue weighted by Gasteiger charge is -2.34. The molecule has 1 unspecified atom stereocenters. The predicted octanol–water partition coefficient (Wildman–Crippen LogP) is 7.59. The summed E-state index contributed by atoms with van der Waals surface area (Å²) in [6, 6.07) is 24.6. The second kappa shape index (κ2) is 15.2. The number of nitrogens with zero attached hydrogens (tertiary/aromatic N) is 4. The molecule has 1 atom stereocenters. The number of aryl methyl sites for hydroxylation is 3. The van der Waals surface area contributed by atoms with Gasteiger partial charge in [0.25, 0.3) is 0 Å². The van der Waals surface area contributed by atoms with Gasteiger partial charge in [0, 0.05) is 36.7 Å². The number of nitrogens with one attached hydrogen (secondary N) is 2. The van der Waals surface area contributed by atoms with Gasteiger partial charge in [-0.2, -0.15) is 5.10 Å². The number of hydrogen-bond donors (Lipinski definition) is 2. The lowest BCUT2D eigenvalue weighted by atomic mass is 9.88. The Morgan fingerprint density at radius 3 is 2.40 bits per heavy atom. The predicted molar refractivity (Wildman–Crippen MR) is 196 cm³/mol. The summed E-state index contributed by atoms with van der Waals surface area (Å²) in [7, 11) is 4.21. The minimum Gasteiger partial charge on any atom is -0.334 e. The maximum Gasteiger partial charge on any atom is 0.320 e. The van der Waals surface area contributed by atoms with Crippen molar-refractivity contribution in [3.8, 4) is 5.69 Å². The van der Waals surface area contributed by atoms with Crippen molar-refractivity contribution >= 4 is 23.4 Å². The molecule has 4 aromatic rings. The maximum atomic E-state index is 13.3. The van der Waals surface area contributed by atoms with Crippen LogP contribution in [0.25, 0.3) is 5.69 Å². The average molecular weight is 649 g/mol. The van der Waals surface area contributed by atoms with Crippen LogP contribution in [0.4, 0.5) is 16.3 Å². The van der Waals surface area contributed by atoms with Crippen molar-refractivity contribution in [2.75, 3.05) is 37.4 Å². The molecular formula is C40H52N6O2. The summed E-state index contributed by atoms with van der Waals surface area (Å²) in [6.45, 7) is 12.7. The first-order valence-electron chi connectivity index (χ1n) is 17.2. The smallest absolute Gasteiger partial charge is 0.320 e. The van der Waals surface area contributed by atoms with E-state index in [-0.39, 0.29) is 17.4 Å². The Morgan fingerprint density at radius 2 is 1.71 bits per heavy atom. The van der Waals surface area contributed by atoms with E-state index in [1.54, 1.807) is 4.68 Å². The number of aromatic nitrogens is 2. The van der Waals surface area contributed by atoms with Crippen LogP contribution in [0.15, 0.2) is 72.8 Å². The molecule has 1 aromatic heterocycles. The topological polar surface area (TPSA) is 82.5 Å². The summed E-state index contributed by atoms with van der Waals surface area (Å²) in [5.74, 6) is 1.15. The third-order valence-electron chi connectivity index (χ3n) is 9.20. The molecule has 1 fully saturated rings. The van der Waals surface area contributed by atoms with Crippen molar-refractivity contribution < 1.29 is 9.59 Å². The number of piperidine rings is 1. The van der Waals surface area contributed by atoms with E-state index in [1.807, 2.05) is 41.3 Å². The minimum atomic E-state index is -0.284. The fourth-order valence-corrected chi connectivity index (χ4v) is 6.38. The van der Waals surface area contributed by atoms with Gasteiger partial charge < -0.3 is 15.1 Å². The summed E-state index contributed by atoms with van der Waals surface area (Å²) >= 11 is 0. The summed E-state index contributed by atoms with van der Waals surface area (Å²) < 4.78 is 1.80. The van der Waals surface area contributed by atoms with E-state index in [2.05, 4.69) is 101 Å². The van der Waals surface area contributed by atoms with Crippen LogP contribution in [0.1, 0.15) is 73.5 Å². The van der Waals surface area contributed by atoms with Gasteiger partial charge in [-0.15, -0.1) is 0 Å². The molecule has 1 saturated heterocycles. The van der Waals surface area contributed by atoms with Crippen molar-refractivity contribution in [2.24, 2.45) is 5.92 Å². The average Bonchev–Trinajstić information content (AvgIpc) is 3.46. The first-order valence-corrected chi connectivity index (χ1v) is 17.2.